The number of amides is 1. The summed E-state index contributed by atoms with van der Waals surface area (Å²) in [6.45, 7) is 7.69. The van der Waals surface area contributed by atoms with Crippen LogP contribution in [0.5, 0.6) is 0 Å². The number of hydrogen-bond donors (Lipinski definition) is 1. The maximum atomic E-state index is 11.5. The average Bonchev–Trinajstić information content (AvgIpc) is 2.47. The lowest BCUT2D eigenvalue weighted by atomic mass is 10.0. The van der Waals surface area contributed by atoms with E-state index in [0.29, 0.717) is 11.8 Å². The third kappa shape index (κ3) is 2.99. The summed E-state index contributed by atoms with van der Waals surface area (Å²) >= 11 is 0. The maximum Gasteiger partial charge on any atom is 0.249 e. The van der Waals surface area contributed by atoms with Gasteiger partial charge in [0.25, 0.3) is 0 Å². The van der Waals surface area contributed by atoms with Crippen LogP contribution in [0.25, 0.3) is 0 Å². The molecule has 1 heterocycles. The number of ether oxygens (including phenoxy) is 1. The molecule has 0 aromatic carbocycles. The Hall–Kier alpha value is -0.570. The van der Waals surface area contributed by atoms with Gasteiger partial charge in [0.1, 0.15) is 6.10 Å². The quantitative estimate of drug-likeness (QED) is 0.717. The molecule has 1 rings (SSSR count). The lowest BCUT2D eigenvalue weighted by Crippen LogP contribution is -2.38. The van der Waals surface area contributed by atoms with Crippen LogP contribution in [0, 0.1) is 11.8 Å². The van der Waals surface area contributed by atoms with E-state index in [1.807, 2.05) is 0 Å². The molecule has 2 atom stereocenters. The van der Waals surface area contributed by atoms with Gasteiger partial charge < -0.3 is 10.1 Å². The lowest BCUT2D eigenvalue weighted by Gasteiger charge is -2.15. The van der Waals surface area contributed by atoms with Gasteiger partial charge in [-0.2, -0.15) is 0 Å². The van der Waals surface area contributed by atoms with Gasteiger partial charge in [0.15, 0.2) is 0 Å². The molecular weight excluding hydrogens is 166 g/mol. The van der Waals surface area contributed by atoms with Crippen molar-refractivity contribution in [2.45, 2.75) is 33.3 Å². The minimum Gasteiger partial charge on any atom is -0.368 e. The first-order valence-corrected chi connectivity index (χ1v) is 5.00. The van der Waals surface area contributed by atoms with Crippen LogP contribution in [0.1, 0.15) is 27.2 Å². The van der Waals surface area contributed by atoms with E-state index in [9.17, 15) is 4.79 Å². The summed E-state index contributed by atoms with van der Waals surface area (Å²) in [5.74, 6) is 0.923. The Kier molecular flexibility index (Phi) is 3.72. The van der Waals surface area contributed by atoms with Gasteiger partial charge in [-0.05, 0) is 18.3 Å². The molecule has 1 fully saturated rings. The standard InChI is InChI=1S/C10H19NO2/c1-7(2)6-11-10(12)9-8(3)4-5-13-9/h7-9H,4-6H2,1-3H3,(H,11,12). The van der Waals surface area contributed by atoms with Crippen molar-refractivity contribution in [2.75, 3.05) is 13.2 Å². The third-order valence-electron chi connectivity index (χ3n) is 2.33. The van der Waals surface area contributed by atoms with Crippen LogP contribution >= 0.6 is 0 Å². The van der Waals surface area contributed by atoms with Gasteiger partial charge in [-0.1, -0.05) is 20.8 Å². The molecule has 1 amide bonds. The van der Waals surface area contributed by atoms with E-state index in [4.69, 9.17) is 4.74 Å². The van der Waals surface area contributed by atoms with E-state index in [-0.39, 0.29) is 12.0 Å². The summed E-state index contributed by atoms with van der Waals surface area (Å²) in [5, 5.41) is 2.89. The lowest BCUT2D eigenvalue weighted by molar-refractivity contribution is -0.131. The van der Waals surface area contributed by atoms with Gasteiger partial charge in [-0.25, -0.2) is 0 Å². The Labute approximate surface area is 79.8 Å². The molecule has 0 spiro atoms. The smallest absolute Gasteiger partial charge is 0.249 e. The monoisotopic (exact) mass is 185 g/mol. The van der Waals surface area contributed by atoms with Crippen LogP contribution in [0.4, 0.5) is 0 Å². The van der Waals surface area contributed by atoms with Crippen molar-refractivity contribution in [1.29, 1.82) is 0 Å². The minimum atomic E-state index is -0.209. The summed E-state index contributed by atoms with van der Waals surface area (Å²) in [5.41, 5.74) is 0. The van der Waals surface area contributed by atoms with E-state index < -0.39 is 0 Å². The maximum absolute atomic E-state index is 11.5. The molecule has 1 aliphatic rings. The predicted octanol–water partition coefficient (Wildman–Crippen LogP) is 1.18. The third-order valence-corrected chi connectivity index (χ3v) is 2.33. The van der Waals surface area contributed by atoms with Crippen LogP contribution < -0.4 is 5.32 Å². The first-order valence-electron chi connectivity index (χ1n) is 5.00. The van der Waals surface area contributed by atoms with Gasteiger partial charge in [-0.3, -0.25) is 4.79 Å². The molecule has 1 aliphatic heterocycles. The van der Waals surface area contributed by atoms with Gasteiger partial charge in [-0.15, -0.1) is 0 Å². The molecule has 1 N–H and O–H groups in total. The molecule has 13 heavy (non-hydrogen) atoms. The molecule has 0 aromatic rings. The number of carbonyl (C=O) groups excluding carboxylic acids is 1. The van der Waals surface area contributed by atoms with Crippen molar-refractivity contribution in [2.24, 2.45) is 11.8 Å². The Morgan fingerprint density at radius 1 is 1.62 bits per heavy atom. The number of hydrogen-bond acceptors (Lipinski definition) is 2. The van der Waals surface area contributed by atoms with Crippen LogP contribution in [0.15, 0.2) is 0 Å². The second-order valence-corrected chi connectivity index (χ2v) is 4.20. The molecule has 76 valence electrons. The van der Waals surface area contributed by atoms with Crippen LogP contribution in [-0.4, -0.2) is 25.2 Å². The first-order chi connectivity index (χ1) is 6.11. The molecule has 0 saturated carbocycles. The molecule has 0 aromatic heterocycles. The van der Waals surface area contributed by atoms with Crippen molar-refractivity contribution in [3.63, 3.8) is 0 Å². The van der Waals surface area contributed by atoms with E-state index in [1.165, 1.54) is 0 Å². The zero-order chi connectivity index (χ0) is 9.84. The molecule has 2 unspecified atom stereocenters. The number of rotatable bonds is 3. The molecule has 1 saturated heterocycles. The van der Waals surface area contributed by atoms with Gasteiger partial charge >= 0.3 is 0 Å². The molecule has 0 bridgehead atoms. The van der Waals surface area contributed by atoms with Crippen LogP contribution in [0.3, 0.4) is 0 Å². The van der Waals surface area contributed by atoms with Crippen molar-refractivity contribution >= 4 is 5.91 Å². The highest BCUT2D eigenvalue weighted by Crippen LogP contribution is 2.19. The topological polar surface area (TPSA) is 38.3 Å². The SMILES string of the molecule is CC(C)CNC(=O)C1OCCC1C. The van der Waals surface area contributed by atoms with Crippen molar-refractivity contribution in [3.05, 3.63) is 0 Å². The van der Waals surface area contributed by atoms with Crippen LogP contribution in [-0.2, 0) is 9.53 Å². The zero-order valence-corrected chi connectivity index (χ0v) is 8.67. The summed E-state index contributed by atoms with van der Waals surface area (Å²) in [6, 6.07) is 0. The number of nitrogens with one attached hydrogen (secondary N) is 1. The van der Waals surface area contributed by atoms with E-state index in [0.717, 1.165) is 19.6 Å². The summed E-state index contributed by atoms with van der Waals surface area (Å²) in [6.07, 6.45) is 0.790. The second kappa shape index (κ2) is 4.61. The van der Waals surface area contributed by atoms with Gasteiger partial charge in [0.05, 0.1) is 0 Å². The number of carbonyl (C=O) groups is 1. The Bertz CT molecular complexity index is 180. The normalized spacial score (nSPS) is 28.0. The van der Waals surface area contributed by atoms with E-state index in [2.05, 4.69) is 26.1 Å². The molecule has 0 aliphatic carbocycles. The van der Waals surface area contributed by atoms with Gasteiger partial charge in [0.2, 0.25) is 5.91 Å². The average molecular weight is 185 g/mol. The van der Waals surface area contributed by atoms with E-state index >= 15 is 0 Å². The largest absolute Gasteiger partial charge is 0.368 e. The minimum absolute atomic E-state index is 0.0544. The zero-order valence-electron chi connectivity index (χ0n) is 8.67. The van der Waals surface area contributed by atoms with Gasteiger partial charge in [0, 0.05) is 13.2 Å². The van der Waals surface area contributed by atoms with E-state index in [1.54, 1.807) is 0 Å². The Balaban J connectivity index is 2.30. The first kappa shape index (κ1) is 10.5. The highest BCUT2D eigenvalue weighted by molar-refractivity contribution is 5.81. The fraction of sp³-hybridized carbons (Fsp3) is 0.900. The fourth-order valence-corrected chi connectivity index (χ4v) is 1.44. The molecular formula is C10H19NO2. The second-order valence-electron chi connectivity index (χ2n) is 4.20. The Morgan fingerprint density at radius 3 is 2.77 bits per heavy atom. The summed E-state index contributed by atoms with van der Waals surface area (Å²) < 4.78 is 5.35. The molecule has 0 radical (unpaired) electrons. The van der Waals surface area contributed by atoms with Crippen molar-refractivity contribution < 1.29 is 9.53 Å². The van der Waals surface area contributed by atoms with Crippen molar-refractivity contribution in [3.8, 4) is 0 Å². The highest BCUT2D eigenvalue weighted by Gasteiger charge is 2.30. The molecule has 3 heteroatoms. The van der Waals surface area contributed by atoms with Crippen LogP contribution in [0.2, 0.25) is 0 Å². The summed E-state index contributed by atoms with van der Waals surface area (Å²) in [4.78, 5) is 11.5. The highest BCUT2D eigenvalue weighted by atomic mass is 16.5. The fourth-order valence-electron chi connectivity index (χ4n) is 1.44. The molecule has 3 nitrogen and oxygen atoms in total. The predicted molar refractivity (Wildman–Crippen MR) is 51.4 cm³/mol. The summed E-state index contributed by atoms with van der Waals surface area (Å²) in [7, 11) is 0. The van der Waals surface area contributed by atoms with Crippen molar-refractivity contribution in [1.82, 2.24) is 5.32 Å². The Morgan fingerprint density at radius 2 is 2.31 bits per heavy atom.